The number of carbonyl (C=O) groups is 1. The Kier molecular flexibility index (Phi) is 2.81. The topological polar surface area (TPSA) is 50.4 Å². The van der Waals surface area contributed by atoms with E-state index >= 15 is 0 Å². The van der Waals surface area contributed by atoms with Gasteiger partial charge in [0.25, 0.3) is 0 Å². The molecular weight excluding hydrogens is 252 g/mol. The zero-order chi connectivity index (χ0) is 13.7. The molecule has 0 aromatic carbocycles. The number of hydrogen-bond acceptors (Lipinski definition) is 3. The minimum absolute atomic E-state index is 0.0725. The summed E-state index contributed by atoms with van der Waals surface area (Å²) >= 11 is 0. The molecule has 1 heterocycles. The van der Waals surface area contributed by atoms with Crippen LogP contribution in [0.25, 0.3) is 0 Å². The van der Waals surface area contributed by atoms with Crippen molar-refractivity contribution in [2.45, 2.75) is 56.5 Å². The van der Waals surface area contributed by atoms with Gasteiger partial charge in [-0.2, -0.15) is 0 Å². The molecule has 0 saturated heterocycles. The molecule has 0 amide bonds. The highest BCUT2D eigenvalue weighted by Gasteiger charge is 2.60. The van der Waals surface area contributed by atoms with Gasteiger partial charge in [-0.1, -0.05) is 19.3 Å². The molecule has 3 saturated carbocycles. The standard InChI is InChI=1S/C17H22O3/c18-16-11-5-3-7-13(16)17(19)9-2-1-6-12(17)15(11)14-8-4-10-20-14/h4,8,10-13,15,19H,1-3,5-7,9H2. The summed E-state index contributed by atoms with van der Waals surface area (Å²) in [5, 5.41) is 11.3. The number of furan rings is 1. The maximum absolute atomic E-state index is 12.8. The Balaban J connectivity index is 1.82. The fourth-order valence-corrected chi connectivity index (χ4v) is 5.23. The fraction of sp³-hybridized carbons (Fsp3) is 0.706. The number of carbonyl (C=O) groups excluding carboxylic acids is 1. The fourth-order valence-electron chi connectivity index (χ4n) is 5.23. The second-order valence-electron chi connectivity index (χ2n) is 6.88. The molecule has 108 valence electrons. The van der Waals surface area contributed by atoms with E-state index in [0.717, 1.165) is 50.7 Å². The average Bonchev–Trinajstić information content (AvgIpc) is 2.95. The lowest BCUT2D eigenvalue weighted by molar-refractivity contribution is -0.174. The molecular formula is C17H22O3. The van der Waals surface area contributed by atoms with Crippen molar-refractivity contribution in [3.05, 3.63) is 24.2 Å². The van der Waals surface area contributed by atoms with Gasteiger partial charge in [-0.15, -0.1) is 0 Å². The number of Topliss-reactive ketones (excluding diaryl/α,β-unsaturated/α-hetero) is 1. The van der Waals surface area contributed by atoms with Gasteiger partial charge in [-0.3, -0.25) is 4.79 Å². The molecule has 3 aliphatic rings. The molecule has 1 aromatic rings. The van der Waals surface area contributed by atoms with Crippen LogP contribution >= 0.6 is 0 Å². The molecule has 3 nitrogen and oxygen atoms in total. The van der Waals surface area contributed by atoms with Crippen molar-refractivity contribution in [3.63, 3.8) is 0 Å². The Labute approximate surface area is 119 Å². The molecule has 1 N–H and O–H groups in total. The van der Waals surface area contributed by atoms with Crippen LogP contribution in [-0.2, 0) is 4.79 Å². The van der Waals surface area contributed by atoms with Gasteiger partial charge in [0.2, 0.25) is 0 Å². The number of ketones is 1. The summed E-state index contributed by atoms with van der Waals surface area (Å²) in [7, 11) is 0. The Morgan fingerprint density at radius 2 is 2.10 bits per heavy atom. The first-order chi connectivity index (χ1) is 9.72. The average molecular weight is 274 g/mol. The highest BCUT2D eigenvalue weighted by Crippen LogP contribution is 2.58. The van der Waals surface area contributed by atoms with Crippen LogP contribution in [0.4, 0.5) is 0 Å². The molecule has 1 aromatic heterocycles. The Hall–Kier alpha value is -1.09. The maximum Gasteiger partial charge on any atom is 0.142 e. The third-order valence-corrected chi connectivity index (χ3v) is 6.04. The summed E-state index contributed by atoms with van der Waals surface area (Å²) in [5.41, 5.74) is -0.774. The normalized spacial score (nSPS) is 44.1. The maximum atomic E-state index is 12.8. The number of hydrogen-bond donors (Lipinski definition) is 1. The second kappa shape index (κ2) is 4.45. The van der Waals surface area contributed by atoms with Crippen LogP contribution in [0.5, 0.6) is 0 Å². The highest BCUT2D eigenvalue weighted by atomic mass is 16.3. The Bertz CT molecular complexity index is 506. The van der Waals surface area contributed by atoms with Crippen molar-refractivity contribution in [2.24, 2.45) is 17.8 Å². The van der Waals surface area contributed by atoms with Crippen LogP contribution in [0.3, 0.4) is 0 Å². The van der Waals surface area contributed by atoms with E-state index in [1.54, 1.807) is 6.26 Å². The zero-order valence-corrected chi connectivity index (χ0v) is 11.8. The van der Waals surface area contributed by atoms with Crippen molar-refractivity contribution < 1.29 is 14.3 Å². The molecule has 0 radical (unpaired) electrons. The SMILES string of the molecule is O=C1C2CCCC1C1(O)CCCCC1C2c1ccco1. The first-order valence-corrected chi connectivity index (χ1v) is 8.01. The van der Waals surface area contributed by atoms with Crippen LogP contribution in [0, 0.1) is 17.8 Å². The van der Waals surface area contributed by atoms with Gasteiger partial charge in [0, 0.05) is 17.8 Å². The molecule has 5 atom stereocenters. The summed E-state index contributed by atoms with van der Waals surface area (Å²) in [6.45, 7) is 0. The van der Waals surface area contributed by atoms with Gasteiger partial charge in [-0.25, -0.2) is 0 Å². The minimum atomic E-state index is -0.774. The van der Waals surface area contributed by atoms with Crippen molar-refractivity contribution in [1.82, 2.24) is 0 Å². The predicted octanol–water partition coefficient (Wildman–Crippen LogP) is 3.28. The third-order valence-electron chi connectivity index (χ3n) is 6.04. The second-order valence-corrected chi connectivity index (χ2v) is 6.88. The van der Waals surface area contributed by atoms with E-state index in [1.807, 2.05) is 12.1 Å². The number of rotatable bonds is 1. The summed E-state index contributed by atoms with van der Waals surface area (Å²) in [6.07, 6.45) is 8.63. The van der Waals surface area contributed by atoms with Crippen LogP contribution in [-0.4, -0.2) is 16.5 Å². The lowest BCUT2D eigenvalue weighted by atomic mass is 9.50. The third kappa shape index (κ3) is 1.59. The molecule has 3 aliphatic carbocycles. The molecule has 20 heavy (non-hydrogen) atoms. The van der Waals surface area contributed by atoms with Crippen molar-refractivity contribution in [2.75, 3.05) is 0 Å². The largest absolute Gasteiger partial charge is 0.469 e. The molecule has 5 unspecified atom stereocenters. The van der Waals surface area contributed by atoms with E-state index in [4.69, 9.17) is 4.42 Å². The first-order valence-electron chi connectivity index (χ1n) is 8.01. The van der Waals surface area contributed by atoms with Crippen LogP contribution in [0.1, 0.15) is 56.6 Å². The monoisotopic (exact) mass is 274 g/mol. The van der Waals surface area contributed by atoms with E-state index in [1.165, 1.54) is 0 Å². The minimum Gasteiger partial charge on any atom is -0.469 e. The summed E-state index contributed by atoms with van der Waals surface area (Å²) < 4.78 is 5.64. The van der Waals surface area contributed by atoms with Crippen molar-refractivity contribution >= 4 is 5.78 Å². The van der Waals surface area contributed by atoms with E-state index in [2.05, 4.69) is 0 Å². The van der Waals surface area contributed by atoms with Crippen molar-refractivity contribution in [1.29, 1.82) is 0 Å². The van der Waals surface area contributed by atoms with Gasteiger partial charge in [0.05, 0.1) is 11.9 Å². The molecule has 0 spiro atoms. The van der Waals surface area contributed by atoms with Crippen LogP contribution in [0.2, 0.25) is 0 Å². The molecule has 4 rings (SSSR count). The molecule has 3 heteroatoms. The summed E-state index contributed by atoms with van der Waals surface area (Å²) in [5.74, 6) is 1.48. The van der Waals surface area contributed by atoms with Gasteiger partial charge in [0.15, 0.2) is 0 Å². The Morgan fingerprint density at radius 1 is 1.20 bits per heavy atom. The van der Waals surface area contributed by atoms with Gasteiger partial charge in [-0.05, 0) is 43.7 Å². The smallest absolute Gasteiger partial charge is 0.142 e. The van der Waals surface area contributed by atoms with Gasteiger partial charge < -0.3 is 9.52 Å². The van der Waals surface area contributed by atoms with Gasteiger partial charge in [0.1, 0.15) is 11.5 Å². The van der Waals surface area contributed by atoms with Crippen LogP contribution < -0.4 is 0 Å². The van der Waals surface area contributed by atoms with Crippen LogP contribution in [0.15, 0.2) is 22.8 Å². The first kappa shape index (κ1) is 12.6. The lowest BCUT2D eigenvalue weighted by Crippen LogP contribution is -2.60. The lowest BCUT2D eigenvalue weighted by Gasteiger charge is -2.55. The highest BCUT2D eigenvalue weighted by molar-refractivity contribution is 5.87. The van der Waals surface area contributed by atoms with Gasteiger partial charge >= 0.3 is 0 Å². The summed E-state index contributed by atoms with van der Waals surface area (Å²) in [4.78, 5) is 12.8. The van der Waals surface area contributed by atoms with E-state index in [9.17, 15) is 9.90 Å². The quantitative estimate of drug-likeness (QED) is 0.855. The number of fused-ring (bicyclic) bond motifs is 4. The molecule has 0 aliphatic heterocycles. The van der Waals surface area contributed by atoms with E-state index < -0.39 is 5.60 Å². The molecule has 2 bridgehead atoms. The van der Waals surface area contributed by atoms with Crippen molar-refractivity contribution in [3.8, 4) is 0 Å². The van der Waals surface area contributed by atoms with E-state index in [0.29, 0.717) is 5.78 Å². The number of aliphatic hydroxyl groups is 1. The van der Waals surface area contributed by atoms with E-state index in [-0.39, 0.29) is 23.7 Å². The summed E-state index contributed by atoms with van der Waals surface area (Å²) in [6, 6.07) is 3.89. The molecule has 3 fully saturated rings. The Morgan fingerprint density at radius 3 is 2.90 bits per heavy atom. The predicted molar refractivity (Wildman–Crippen MR) is 74.2 cm³/mol. The zero-order valence-electron chi connectivity index (χ0n) is 11.8.